The molecule has 0 aromatic heterocycles. The van der Waals surface area contributed by atoms with Crippen LogP contribution in [0.1, 0.15) is 20.8 Å². The Hall–Kier alpha value is -0.948. The number of nitriles is 3. The standard InChI is InChI=1S/3C2H3N.3CH2O.7ClHO4.Re/c3*1-2-3;3*1-2;7*2-1(3,4)5;/h3*1H3;3*1H2;7*(H,2,3,4,5);/p-7. The summed E-state index contributed by atoms with van der Waals surface area (Å²) in [5.41, 5.74) is 0. The van der Waals surface area contributed by atoms with E-state index in [1.54, 1.807) is 18.2 Å². The SMILES string of the molecule is C=O.C=O.C=O.CC#N.CC#N.CC#N.[O-][Cl+3]([O-])([O-])[O-].[O-][Cl+3]([O-])([O-])[O-].[O-][Cl+3]([O-])([O-])[O-].[O-][Cl+3]([O-])([O-])[O-].[O-][Cl+3]([O-])([O-])[O-].[O-][Cl+3]([O-])([O-])[O-].[O-][Cl+3]([O-])([O-])[O-].[Re]. The zero-order valence-corrected chi connectivity index (χ0v) is 31.6. The molecule has 51 heavy (non-hydrogen) atoms. The van der Waals surface area contributed by atoms with Gasteiger partial charge in [-0.15, -0.1) is 71.7 Å². The van der Waals surface area contributed by atoms with Crippen molar-refractivity contribution in [3.63, 3.8) is 0 Å². The molecule has 0 amide bonds. The molecule has 0 atom stereocenters. The van der Waals surface area contributed by atoms with Gasteiger partial charge in [0.1, 0.15) is 20.4 Å². The predicted molar refractivity (Wildman–Crippen MR) is 55.2 cm³/mol. The van der Waals surface area contributed by atoms with E-state index >= 15 is 0 Å². The maximum absolute atomic E-state index is 8.49. The first-order valence-corrected chi connectivity index (χ1v) is 16.0. The van der Waals surface area contributed by atoms with Gasteiger partial charge in [-0.1, -0.05) is 0 Å². The minimum atomic E-state index is -4.94. The first-order chi connectivity index (χ1) is 21.2. The van der Waals surface area contributed by atoms with Crippen LogP contribution in [0.3, 0.4) is 0 Å². The second-order valence-electron chi connectivity index (χ2n) is 3.32. The second kappa shape index (κ2) is 58.4. The summed E-state index contributed by atoms with van der Waals surface area (Å²) in [6, 6.07) is 5.25. The fourth-order valence-corrected chi connectivity index (χ4v) is 0. The molecule has 34 nitrogen and oxygen atoms in total. The van der Waals surface area contributed by atoms with E-state index in [1.807, 2.05) is 20.4 Å². The molecule has 1 radical (unpaired) electrons. The first kappa shape index (κ1) is 92.7. The number of carbonyl (C=O) groups is 3. The summed E-state index contributed by atoms with van der Waals surface area (Å²) < 4.78 is 238. The van der Waals surface area contributed by atoms with Gasteiger partial charge in [0.25, 0.3) is 0 Å². The third-order valence-electron chi connectivity index (χ3n) is 0. The van der Waals surface area contributed by atoms with Crippen LogP contribution < -0.4 is 130 Å². The Labute approximate surface area is 311 Å². The molecule has 0 aliphatic rings. The van der Waals surface area contributed by atoms with Gasteiger partial charge in [0.05, 0.1) is 18.2 Å². The van der Waals surface area contributed by atoms with Crippen LogP contribution in [-0.2, 0) is 34.8 Å². The van der Waals surface area contributed by atoms with Gasteiger partial charge in [0, 0.05) is 41.2 Å². The summed E-state index contributed by atoms with van der Waals surface area (Å²) in [7, 11) is -34.6. The van der Waals surface area contributed by atoms with E-state index in [1.165, 1.54) is 20.8 Å². The molecule has 0 aromatic carbocycles. The van der Waals surface area contributed by atoms with Crippen LogP contribution in [0.5, 0.6) is 0 Å². The van der Waals surface area contributed by atoms with E-state index in [0.717, 1.165) is 0 Å². The second-order valence-corrected chi connectivity index (χ2v) is 8.61. The fraction of sp³-hybridized carbons (Fsp3) is 0.333. The van der Waals surface area contributed by atoms with Gasteiger partial charge in [0.2, 0.25) is 0 Å². The van der Waals surface area contributed by atoms with E-state index in [4.69, 9.17) is 161 Å². The zero-order chi connectivity index (χ0) is 45.6. The molecular formula is C9H15Cl7N3O31Re-7. The van der Waals surface area contributed by atoms with Crippen molar-refractivity contribution in [2.24, 2.45) is 0 Å². The summed E-state index contributed by atoms with van der Waals surface area (Å²) in [6.07, 6.45) is 0. The Kier molecular flexibility index (Phi) is 106. The zero-order valence-electron chi connectivity index (χ0n) is 23.6. The molecule has 0 heterocycles. The van der Waals surface area contributed by atoms with E-state index in [9.17, 15) is 0 Å². The molecule has 0 aliphatic carbocycles. The van der Waals surface area contributed by atoms with Gasteiger partial charge in [0.15, 0.2) is 0 Å². The smallest absolute Gasteiger partial charge is 0.106 e. The van der Waals surface area contributed by atoms with Crippen LogP contribution in [0.25, 0.3) is 0 Å². The van der Waals surface area contributed by atoms with Gasteiger partial charge < -0.3 is 14.4 Å². The van der Waals surface area contributed by atoms with Gasteiger partial charge in [-0.2, -0.15) is 15.8 Å². The largest absolute Gasteiger partial charge is 0.307 e. The molecule has 0 aliphatic heterocycles. The average molecular weight is 1100 g/mol. The minimum absolute atomic E-state index is 0. The van der Waals surface area contributed by atoms with Gasteiger partial charge >= 0.3 is 0 Å². The van der Waals surface area contributed by atoms with Crippen LogP contribution in [0.15, 0.2) is 0 Å². The molecule has 0 aromatic rings. The summed E-state index contributed by atoms with van der Waals surface area (Å²) >= 11 is 0. The van der Waals surface area contributed by atoms with Crippen LogP contribution in [0.2, 0.25) is 0 Å². The molecule has 0 rings (SSSR count). The topological polar surface area (TPSA) is 768 Å². The van der Waals surface area contributed by atoms with Crippen LogP contribution in [0.4, 0.5) is 0 Å². The Balaban J connectivity index is -0.0000000245. The third-order valence-corrected chi connectivity index (χ3v) is 0. The molecule has 42 heteroatoms. The molecule has 0 unspecified atom stereocenters. The van der Waals surface area contributed by atoms with E-state index < -0.39 is 71.7 Å². The number of rotatable bonds is 0. The molecule has 0 saturated carbocycles. The molecular weight excluding hydrogens is 1080 g/mol. The van der Waals surface area contributed by atoms with Gasteiger partial charge in [-0.3, -0.25) is 0 Å². The number of halogens is 7. The maximum atomic E-state index is 8.49. The normalized spacial score (nSPS) is 8.94. The van der Waals surface area contributed by atoms with Crippen LogP contribution in [0, 0.1) is 106 Å². The molecule has 315 valence electrons. The van der Waals surface area contributed by atoms with Crippen molar-refractivity contribution in [1.29, 1.82) is 15.8 Å². The van der Waals surface area contributed by atoms with Gasteiger partial charge in [-0.05, 0) is 0 Å². The summed E-state index contributed by atoms with van der Waals surface area (Å²) in [6.45, 7) is 10.3. The Bertz CT molecular complexity index is 548. The predicted octanol–water partition coefficient (Wildman–Crippen LogP) is -32.3. The molecule has 0 saturated heterocycles. The van der Waals surface area contributed by atoms with Crippen molar-refractivity contribution in [2.45, 2.75) is 20.8 Å². The fourth-order valence-electron chi connectivity index (χ4n) is 0. The van der Waals surface area contributed by atoms with E-state index in [2.05, 4.69) is 0 Å². The minimum Gasteiger partial charge on any atom is -0.307 e. The first-order valence-electron chi connectivity index (χ1n) is 7.36. The van der Waals surface area contributed by atoms with Crippen LogP contribution in [-0.4, -0.2) is 20.4 Å². The van der Waals surface area contributed by atoms with Crippen molar-refractivity contribution in [1.82, 2.24) is 0 Å². The quantitative estimate of drug-likeness (QED) is 0.217. The Morgan fingerprint density at radius 3 is 0.275 bits per heavy atom. The Morgan fingerprint density at radius 1 is 0.275 bits per heavy atom. The van der Waals surface area contributed by atoms with Crippen LogP contribution >= 0.6 is 0 Å². The van der Waals surface area contributed by atoms with Crippen molar-refractivity contribution in [2.75, 3.05) is 0 Å². The monoisotopic (exact) mass is 1090 g/mol. The number of carbonyl (C=O) groups excluding carboxylic acids is 3. The van der Waals surface area contributed by atoms with E-state index in [-0.39, 0.29) is 20.4 Å². The van der Waals surface area contributed by atoms with Crippen molar-refractivity contribution < 1.29 is 237 Å². The molecule has 0 spiro atoms. The average Bonchev–Trinajstić information content (AvgIpc) is 2.71. The third kappa shape index (κ3) is 121000. The molecule has 0 N–H and O–H groups in total. The number of hydrogen-bond donors (Lipinski definition) is 0. The number of hydrogen-bond acceptors (Lipinski definition) is 34. The van der Waals surface area contributed by atoms with Gasteiger partial charge in [-0.25, -0.2) is 130 Å². The number of nitrogens with zero attached hydrogens (tertiary/aromatic N) is 3. The van der Waals surface area contributed by atoms with Crippen molar-refractivity contribution >= 4 is 20.4 Å². The van der Waals surface area contributed by atoms with Crippen molar-refractivity contribution in [3.8, 4) is 18.2 Å². The summed E-state index contributed by atoms with van der Waals surface area (Å²) in [5.74, 6) is 0. The Morgan fingerprint density at radius 2 is 0.275 bits per heavy atom. The maximum Gasteiger partial charge on any atom is 0.106 e. The van der Waals surface area contributed by atoms with Crippen molar-refractivity contribution in [3.05, 3.63) is 0 Å². The summed E-state index contributed by atoms with van der Waals surface area (Å²) in [5, 5.41) is 22.0. The summed E-state index contributed by atoms with van der Waals surface area (Å²) in [4.78, 5) is 24.0. The molecule has 0 bridgehead atoms. The van der Waals surface area contributed by atoms with E-state index in [0.29, 0.717) is 0 Å². The molecule has 0 fully saturated rings.